The van der Waals surface area contributed by atoms with E-state index in [1.54, 1.807) is 69.3 Å². The number of carbonyl (C=O) groups is 3. The van der Waals surface area contributed by atoms with Crippen LogP contribution in [0, 0.1) is 0 Å². The lowest BCUT2D eigenvalue weighted by atomic mass is 9.79. The van der Waals surface area contributed by atoms with Gasteiger partial charge in [-0.1, -0.05) is 59.6 Å². The Hall–Kier alpha value is -3.29. The minimum atomic E-state index is -1.49. The zero-order valence-corrected chi connectivity index (χ0v) is 20.2. The molecule has 0 fully saturated rings. The largest absolute Gasteiger partial charge is 0.478 e. The standard InChI is InChI=1S/C25H23Cl2NO6/c1-13(2)34-25(33)19-14(3)28(12-15-8-4-6-10-17(15)26)22(24(31)32)21(23(29)30)20(19)16-9-5-7-11-18(16)27/h4-11,13,20H,12H2,1-3H3,(H,29,30)(H,31,32). The molecule has 178 valence electrons. The minimum absolute atomic E-state index is 0.00347. The summed E-state index contributed by atoms with van der Waals surface area (Å²) in [6, 6.07) is 13.2. The molecule has 2 aromatic rings. The highest BCUT2D eigenvalue weighted by molar-refractivity contribution is 6.32. The van der Waals surface area contributed by atoms with Crippen molar-refractivity contribution in [3.8, 4) is 0 Å². The topological polar surface area (TPSA) is 104 Å². The van der Waals surface area contributed by atoms with E-state index in [0.717, 1.165) is 0 Å². The highest BCUT2D eigenvalue weighted by Gasteiger charge is 2.44. The first-order valence-electron chi connectivity index (χ1n) is 10.4. The van der Waals surface area contributed by atoms with Crippen molar-refractivity contribution >= 4 is 41.1 Å². The van der Waals surface area contributed by atoms with E-state index in [0.29, 0.717) is 10.6 Å². The molecule has 1 unspecified atom stereocenters. The molecular formula is C25H23Cl2NO6. The molecule has 0 bridgehead atoms. The number of halogens is 2. The van der Waals surface area contributed by atoms with Gasteiger partial charge in [-0.3, -0.25) is 0 Å². The Labute approximate surface area is 206 Å². The van der Waals surface area contributed by atoms with Crippen LogP contribution in [0.3, 0.4) is 0 Å². The summed E-state index contributed by atoms with van der Waals surface area (Å²) in [4.78, 5) is 39.5. The number of hydrogen-bond acceptors (Lipinski definition) is 5. The summed E-state index contributed by atoms with van der Waals surface area (Å²) < 4.78 is 5.44. The molecule has 2 N–H and O–H groups in total. The van der Waals surface area contributed by atoms with Gasteiger partial charge in [0.15, 0.2) is 0 Å². The van der Waals surface area contributed by atoms with E-state index in [9.17, 15) is 24.6 Å². The lowest BCUT2D eigenvalue weighted by Gasteiger charge is -2.37. The molecular weight excluding hydrogens is 481 g/mol. The maximum absolute atomic E-state index is 13.3. The molecule has 1 heterocycles. The number of aliphatic carboxylic acids is 2. The Balaban J connectivity index is 2.35. The first-order valence-corrected chi connectivity index (χ1v) is 11.2. The van der Waals surface area contributed by atoms with Crippen molar-refractivity contribution in [3.05, 3.63) is 92.2 Å². The molecule has 34 heavy (non-hydrogen) atoms. The van der Waals surface area contributed by atoms with Gasteiger partial charge in [0.1, 0.15) is 5.70 Å². The maximum atomic E-state index is 13.3. The molecule has 3 rings (SSSR count). The number of carboxylic acid groups (broad SMARTS) is 2. The van der Waals surface area contributed by atoms with E-state index in [-0.39, 0.29) is 28.4 Å². The summed E-state index contributed by atoms with van der Waals surface area (Å²) in [5, 5.41) is 20.9. The molecule has 0 saturated carbocycles. The predicted octanol–water partition coefficient (Wildman–Crippen LogP) is 5.24. The Morgan fingerprint density at radius 3 is 2.06 bits per heavy atom. The molecule has 9 heteroatoms. The number of esters is 1. The molecule has 0 saturated heterocycles. The van der Waals surface area contributed by atoms with E-state index >= 15 is 0 Å². The van der Waals surface area contributed by atoms with Gasteiger partial charge in [-0.05, 0) is 44.0 Å². The number of rotatable bonds is 7. The van der Waals surface area contributed by atoms with E-state index < -0.39 is 41.2 Å². The first-order chi connectivity index (χ1) is 16.0. The molecule has 0 radical (unpaired) electrons. The van der Waals surface area contributed by atoms with Gasteiger partial charge < -0.3 is 19.8 Å². The van der Waals surface area contributed by atoms with Gasteiger partial charge in [0.05, 0.1) is 23.2 Å². The van der Waals surface area contributed by atoms with Crippen LogP contribution in [0.4, 0.5) is 0 Å². The number of nitrogens with zero attached hydrogens (tertiary/aromatic N) is 1. The fourth-order valence-corrected chi connectivity index (χ4v) is 4.40. The van der Waals surface area contributed by atoms with E-state index in [1.165, 1.54) is 4.90 Å². The molecule has 0 aliphatic carbocycles. The number of benzene rings is 2. The molecule has 1 atom stereocenters. The van der Waals surface area contributed by atoms with Gasteiger partial charge >= 0.3 is 17.9 Å². The average molecular weight is 504 g/mol. The van der Waals surface area contributed by atoms with Crippen molar-refractivity contribution in [2.75, 3.05) is 0 Å². The Kier molecular flexibility index (Phi) is 7.69. The highest BCUT2D eigenvalue weighted by Crippen LogP contribution is 2.45. The summed E-state index contributed by atoms with van der Waals surface area (Å²) in [6.45, 7) is 4.81. The van der Waals surface area contributed by atoms with Crippen LogP contribution in [0.15, 0.2) is 71.1 Å². The second-order valence-electron chi connectivity index (χ2n) is 7.96. The van der Waals surface area contributed by atoms with Crippen LogP contribution >= 0.6 is 23.2 Å². The normalized spacial score (nSPS) is 16.2. The Morgan fingerprint density at radius 2 is 1.53 bits per heavy atom. The van der Waals surface area contributed by atoms with Crippen molar-refractivity contribution in [1.82, 2.24) is 4.90 Å². The van der Waals surface area contributed by atoms with Gasteiger partial charge in [-0.25, -0.2) is 14.4 Å². The Bertz CT molecular complexity index is 1220. The molecule has 7 nitrogen and oxygen atoms in total. The zero-order valence-electron chi connectivity index (χ0n) is 18.7. The first kappa shape index (κ1) is 25.3. The zero-order chi connectivity index (χ0) is 25.2. The van der Waals surface area contributed by atoms with E-state index in [4.69, 9.17) is 27.9 Å². The molecule has 2 aromatic carbocycles. The SMILES string of the molecule is CC1=C(C(=O)OC(C)C)C(c2ccccc2Cl)C(C(=O)O)=C(C(=O)O)N1Cc1ccccc1Cl. The predicted molar refractivity (Wildman–Crippen MR) is 127 cm³/mol. The third-order valence-corrected chi connectivity index (χ3v) is 6.11. The van der Waals surface area contributed by atoms with E-state index in [1.807, 2.05) is 0 Å². The molecule has 0 aromatic heterocycles. The number of ether oxygens (including phenoxy) is 1. The van der Waals surface area contributed by atoms with Gasteiger partial charge in [-0.2, -0.15) is 0 Å². The minimum Gasteiger partial charge on any atom is -0.478 e. The fourth-order valence-electron chi connectivity index (χ4n) is 3.96. The monoisotopic (exact) mass is 503 g/mol. The van der Waals surface area contributed by atoms with Crippen LogP contribution in [0.2, 0.25) is 10.0 Å². The summed E-state index contributed by atoms with van der Waals surface area (Å²) in [6.07, 6.45) is -0.491. The highest BCUT2D eigenvalue weighted by atomic mass is 35.5. The van der Waals surface area contributed by atoms with Crippen molar-refractivity contribution in [2.45, 2.75) is 39.3 Å². The third kappa shape index (κ3) is 4.95. The molecule has 1 aliphatic rings. The van der Waals surface area contributed by atoms with Crippen molar-refractivity contribution < 1.29 is 29.3 Å². The fraction of sp³-hybridized carbons (Fsp3) is 0.240. The Morgan fingerprint density at radius 1 is 0.941 bits per heavy atom. The maximum Gasteiger partial charge on any atom is 0.353 e. The number of allylic oxidation sites excluding steroid dienone is 1. The van der Waals surface area contributed by atoms with Crippen molar-refractivity contribution in [1.29, 1.82) is 0 Å². The van der Waals surface area contributed by atoms with Gasteiger partial charge in [-0.15, -0.1) is 0 Å². The van der Waals surface area contributed by atoms with Crippen LogP contribution in [0.25, 0.3) is 0 Å². The van der Waals surface area contributed by atoms with Crippen LogP contribution in [-0.2, 0) is 25.7 Å². The lowest BCUT2D eigenvalue weighted by molar-refractivity contribution is -0.143. The summed E-state index contributed by atoms with van der Waals surface area (Å²) >= 11 is 12.7. The lowest BCUT2D eigenvalue weighted by Crippen LogP contribution is -2.38. The molecule has 1 aliphatic heterocycles. The van der Waals surface area contributed by atoms with Crippen LogP contribution in [0.1, 0.15) is 37.8 Å². The average Bonchev–Trinajstić information content (AvgIpc) is 2.75. The summed E-state index contributed by atoms with van der Waals surface area (Å²) in [5.74, 6) is -4.97. The quantitative estimate of drug-likeness (QED) is 0.497. The smallest absolute Gasteiger partial charge is 0.353 e. The number of hydrogen-bond donors (Lipinski definition) is 2. The van der Waals surface area contributed by atoms with Crippen LogP contribution in [0.5, 0.6) is 0 Å². The van der Waals surface area contributed by atoms with Crippen molar-refractivity contribution in [2.24, 2.45) is 0 Å². The second kappa shape index (κ2) is 10.3. The van der Waals surface area contributed by atoms with Gasteiger partial charge in [0.2, 0.25) is 0 Å². The summed E-state index contributed by atoms with van der Waals surface area (Å²) in [5.41, 5.74) is 0.103. The third-order valence-electron chi connectivity index (χ3n) is 5.40. The number of carboxylic acids is 2. The number of carbonyl (C=O) groups excluding carboxylic acids is 1. The van der Waals surface area contributed by atoms with Crippen LogP contribution < -0.4 is 0 Å². The van der Waals surface area contributed by atoms with Gasteiger partial charge in [0, 0.05) is 22.3 Å². The van der Waals surface area contributed by atoms with E-state index in [2.05, 4.69) is 0 Å². The second-order valence-corrected chi connectivity index (χ2v) is 8.77. The molecule has 0 spiro atoms. The van der Waals surface area contributed by atoms with Crippen molar-refractivity contribution in [3.63, 3.8) is 0 Å². The van der Waals surface area contributed by atoms with Crippen LogP contribution in [-0.4, -0.2) is 39.1 Å². The molecule has 0 amide bonds. The van der Waals surface area contributed by atoms with Gasteiger partial charge in [0.25, 0.3) is 0 Å². The summed E-state index contributed by atoms with van der Waals surface area (Å²) in [7, 11) is 0.